The van der Waals surface area contributed by atoms with Crippen molar-refractivity contribution in [3.05, 3.63) is 136 Å². The molecule has 2 heterocycles. The van der Waals surface area contributed by atoms with Crippen LogP contribution in [-0.4, -0.2) is 330 Å². The predicted molar refractivity (Wildman–Crippen MR) is 520 cm³/mol. The van der Waals surface area contributed by atoms with Crippen LogP contribution >= 0.6 is 0 Å². The number of allylic oxidation sites excluding steroid dienone is 6. The topological polar surface area (TPSA) is 368 Å². The van der Waals surface area contributed by atoms with Crippen molar-refractivity contribution in [1.29, 1.82) is 0 Å². The summed E-state index contributed by atoms with van der Waals surface area (Å²) in [5, 5.41) is 19.0. The van der Waals surface area contributed by atoms with E-state index in [4.69, 9.17) is 85.3 Å². The van der Waals surface area contributed by atoms with Crippen LogP contribution in [0.15, 0.2) is 102 Å². The third-order valence-electron chi connectivity index (χ3n) is 24.9. The molecule has 8 rings (SSSR count). The molecule has 0 saturated heterocycles. The molecule has 2 aliphatic heterocycles. The number of fused-ring (bicyclic) bond motifs is 8. The Bertz CT molecular complexity index is 4480. The standard InChI is InChI=1S/C103H155N5O27S/c1-11-12-18-38-107-92-77-88-85(83-26-24-81(136(115,116)117)74-87(83)102(88,31-27-80(3)109)32-28-96(110)104-35-40-121-49-52-127-61-64-133-70-67-130-58-55-124-46-43-118-8)76-91(92)100(4,5)94(107)20-15-13-16-21-95-101(6,7)90-75-84-82-25-23-79(2)73-86(82)103(89(84)78-93(90)108(95)39-19-14-17-22-99(113)114,33-29-97(111)105-36-41-122-50-53-128-62-65-134-71-68-131-59-56-125-47-44-119-9)34-30-98(112)106-37-42-123-51-54-129-63-66-135-72-69-132-60-57-126-48-45-120-10/h13,15-16,20-21,23-26,73-78H,11-12,14,17-19,22,27-72H2,1-10H3,(H4-,104,105,106,110,111,112,113,114,115,116,117)/p+1. The summed E-state index contributed by atoms with van der Waals surface area (Å²) >= 11 is 0. The minimum Gasteiger partial charge on any atom is -0.481 e. The average Bonchev–Trinajstić information content (AvgIpc) is 1.54. The molecule has 0 aromatic heterocycles. The van der Waals surface area contributed by atoms with Crippen LogP contribution in [0.1, 0.15) is 177 Å². The number of hydrogen-bond acceptors (Lipinski definition) is 26. The molecule has 760 valence electrons. The summed E-state index contributed by atoms with van der Waals surface area (Å²) in [6.07, 6.45) is 17.1. The monoisotopic (exact) mass is 1930 g/mol. The number of hydrogen-bond donors (Lipinski definition) is 5. The van der Waals surface area contributed by atoms with Gasteiger partial charge in [-0.3, -0.25) is 23.7 Å². The van der Waals surface area contributed by atoms with Crippen molar-refractivity contribution in [1.82, 2.24) is 16.0 Å². The Morgan fingerprint density at radius 1 is 0.404 bits per heavy atom. The number of methoxy groups -OCH3 is 3. The van der Waals surface area contributed by atoms with Crippen molar-refractivity contribution in [3.63, 3.8) is 0 Å². The Balaban J connectivity index is 1.01. The first-order chi connectivity index (χ1) is 65.9. The highest BCUT2D eigenvalue weighted by Crippen LogP contribution is 2.61. The average molecular weight is 1930 g/mol. The van der Waals surface area contributed by atoms with Gasteiger partial charge in [-0.1, -0.05) is 81.7 Å². The molecule has 2 aliphatic carbocycles. The summed E-state index contributed by atoms with van der Waals surface area (Å²) < 4.78 is 138. The van der Waals surface area contributed by atoms with Gasteiger partial charge in [-0.2, -0.15) is 13.0 Å². The summed E-state index contributed by atoms with van der Waals surface area (Å²) in [5.41, 5.74) is 11.6. The molecule has 4 aromatic rings. The van der Waals surface area contributed by atoms with E-state index in [9.17, 15) is 42.0 Å². The molecule has 32 nitrogen and oxygen atoms in total. The third kappa shape index (κ3) is 36.4. The lowest BCUT2D eigenvalue weighted by molar-refractivity contribution is -0.438. The lowest BCUT2D eigenvalue weighted by atomic mass is 9.70. The number of nitrogens with one attached hydrogen (secondary N) is 3. The van der Waals surface area contributed by atoms with Gasteiger partial charge in [-0.05, 0) is 159 Å². The number of ketones is 1. The number of aliphatic carboxylic acids is 1. The summed E-state index contributed by atoms with van der Waals surface area (Å²) in [5.74, 6) is -1.45. The van der Waals surface area contributed by atoms with Crippen LogP contribution in [-0.2, 0) is 141 Å². The number of anilines is 1. The van der Waals surface area contributed by atoms with Crippen LogP contribution in [0, 0.1) is 6.92 Å². The molecule has 0 radical (unpaired) electrons. The quantitative estimate of drug-likeness (QED) is 0.0119. The number of nitrogens with zero attached hydrogens (tertiary/aromatic N) is 2. The van der Waals surface area contributed by atoms with Gasteiger partial charge in [-0.25, -0.2) is 0 Å². The second kappa shape index (κ2) is 62.5. The van der Waals surface area contributed by atoms with Crippen LogP contribution in [0.3, 0.4) is 0 Å². The SMILES string of the molecule is CCCCCN1\C(=C/C=C/C=C/C2=[N+](CCCCCC(=O)O)c3cc4c(cc3C2(C)C)-c2ccc(C)cc2C4(CCC(=O)NCCOCCOCCOCCOCCOCCOC)CCC(=O)NCCOCCOCCOCCOCCOCCOC)C(C)(C)c2cc3c(cc21)C(CCC(C)=O)(CCC(=O)NCCOCCOCCOCCOCCOCCOC)c1cc(S(=O)(=O)O)ccc1-3. The minimum atomic E-state index is -4.68. The molecular weight excluding hydrogens is 1770 g/mol. The highest BCUT2D eigenvalue weighted by molar-refractivity contribution is 7.85. The maximum Gasteiger partial charge on any atom is 0.303 e. The van der Waals surface area contributed by atoms with E-state index in [0.29, 0.717) is 249 Å². The van der Waals surface area contributed by atoms with Crippen LogP contribution in [0.25, 0.3) is 22.3 Å². The molecule has 33 heteroatoms. The van der Waals surface area contributed by atoms with E-state index >= 15 is 0 Å². The van der Waals surface area contributed by atoms with Crippen LogP contribution in [0.5, 0.6) is 0 Å². The number of carboxylic acids is 1. The summed E-state index contributed by atoms with van der Waals surface area (Å²) in [7, 11) is 0.206. The van der Waals surface area contributed by atoms with Crippen molar-refractivity contribution < 1.29 is 132 Å². The second-order valence-corrected chi connectivity index (χ2v) is 36.7. The molecule has 3 amide bonds. The number of carboxylic acid groups (broad SMARTS) is 1. The first-order valence-corrected chi connectivity index (χ1v) is 50.1. The maximum atomic E-state index is 14.3. The molecule has 0 fully saturated rings. The van der Waals surface area contributed by atoms with Crippen LogP contribution < -0.4 is 20.9 Å². The van der Waals surface area contributed by atoms with Crippen LogP contribution in [0.2, 0.25) is 0 Å². The highest BCUT2D eigenvalue weighted by atomic mass is 32.2. The van der Waals surface area contributed by atoms with E-state index in [0.717, 1.165) is 97.7 Å². The van der Waals surface area contributed by atoms with Crippen molar-refractivity contribution in [2.45, 2.75) is 171 Å². The summed E-state index contributed by atoms with van der Waals surface area (Å²) in [6, 6.07) is 20.2. The summed E-state index contributed by atoms with van der Waals surface area (Å²) in [4.78, 5) is 70.0. The zero-order valence-electron chi connectivity index (χ0n) is 82.5. The normalized spacial score (nSPS) is 15.7. The van der Waals surface area contributed by atoms with E-state index in [1.165, 1.54) is 19.1 Å². The van der Waals surface area contributed by atoms with Gasteiger partial charge in [0, 0.05) is 131 Å². The second-order valence-electron chi connectivity index (χ2n) is 35.3. The van der Waals surface area contributed by atoms with Gasteiger partial charge in [0.25, 0.3) is 10.1 Å². The fourth-order valence-electron chi connectivity index (χ4n) is 17.8. The number of rotatable bonds is 80. The number of unbranched alkanes of at least 4 members (excludes halogenated alkanes) is 4. The Morgan fingerprint density at radius 2 is 0.787 bits per heavy atom. The number of carbonyl (C=O) groups excluding carboxylic acids is 4. The zero-order chi connectivity index (χ0) is 97.7. The van der Waals surface area contributed by atoms with Crippen LogP contribution in [0.4, 0.5) is 11.4 Å². The van der Waals surface area contributed by atoms with E-state index in [1.807, 2.05) is 0 Å². The molecule has 0 spiro atoms. The Kier molecular flexibility index (Phi) is 52.2. The minimum absolute atomic E-state index is 0.0340. The van der Waals surface area contributed by atoms with Gasteiger partial charge in [0.1, 0.15) is 12.3 Å². The van der Waals surface area contributed by atoms with Gasteiger partial charge < -0.3 is 116 Å². The van der Waals surface area contributed by atoms with Crippen molar-refractivity contribution >= 4 is 56.7 Å². The fraction of sp³-hybridized carbons (Fsp3) is 0.650. The number of amides is 3. The van der Waals surface area contributed by atoms with E-state index in [1.54, 1.807) is 27.4 Å². The molecule has 5 N–H and O–H groups in total. The Hall–Kier alpha value is -7.69. The number of aryl methyl sites for hydroxylation is 1. The van der Waals surface area contributed by atoms with E-state index < -0.39 is 37.7 Å². The van der Waals surface area contributed by atoms with Crippen molar-refractivity contribution in [2.24, 2.45) is 0 Å². The molecule has 0 saturated carbocycles. The van der Waals surface area contributed by atoms with Gasteiger partial charge >= 0.3 is 5.97 Å². The van der Waals surface area contributed by atoms with Crippen molar-refractivity contribution in [2.75, 3.05) is 277 Å². The smallest absolute Gasteiger partial charge is 0.303 e. The van der Waals surface area contributed by atoms with Gasteiger partial charge in [0.15, 0.2) is 5.71 Å². The predicted octanol–water partition coefficient (Wildman–Crippen LogP) is 12.0. The summed E-state index contributed by atoms with van der Waals surface area (Å²) in [6.45, 7) is 30.6. The van der Waals surface area contributed by atoms with E-state index in [2.05, 4.69) is 140 Å². The lowest BCUT2D eigenvalue weighted by Crippen LogP contribution is -2.34. The molecule has 4 aromatic carbocycles. The number of ether oxygens (including phenoxy) is 18. The molecule has 1 unspecified atom stereocenters. The van der Waals surface area contributed by atoms with E-state index in [-0.39, 0.29) is 113 Å². The third-order valence-corrected chi connectivity index (χ3v) is 25.7. The number of Topliss-reactive ketones (excluding diaryl/α,β-unsaturated/α-hetero) is 1. The zero-order valence-corrected chi connectivity index (χ0v) is 83.4. The Morgan fingerprint density at radius 3 is 1.19 bits per heavy atom. The molecule has 1 atom stereocenters. The van der Waals surface area contributed by atoms with Gasteiger partial charge in [0.05, 0.1) is 228 Å². The lowest BCUT2D eigenvalue weighted by Gasteiger charge is -2.33. The first-order valence-electron chi connectivity index (χ1n) is 48.6. The molecule has 0 bridgehead atoms. The highest BCUT2D eigenvalue weighted by Gasteiger charge is 2.52. The first kappa shape index (κ1) is 114. The maximum absolute atomic E-state index is 14.3. The molecule has 136 heavy (non-hydrogen) atoms. The fourth-order valence-corrected chi connectivity index (χ4v) is 18.3. The number of benzene rings is 4. The molecular formula is C103H156N5O27S+. The van der Waals surface area contributed by atoms with Gasteiger partial charge in [0.2, 0.25) is 23.4 Å². The Labute approximate surface area is 806 Å². The van der Waals surface area contributed by atoms with Crippen molar-refractivity contribution in [3.8, 4) is 22.3 Å². The molecule has 4 aliphatic rings. The largest absolute Gasteiger partial charge is 0.481 e. The number of carbonyl (C=O) groups is 5. The van der Waals surface area contributed by atoms with Gasteiger partial charge in [-0.15, -0.1) is 0 Å².